The maximum Gasteiger partial charge on any atom is 0.261 e. The van der Waals surface area contributed by atoms with E-state index in [1.807, 2.05) is 26.8 Å². The van der Waals surface area contributed by atoms with E-state index in [1.54, 1.807) is 0 Å². The lowest BCUT2D eigenvalue weighted by molar-refractivity contribution is -0.127. The molecule has 0 bridgehead atoms. The predicted octanol–water partition coefficient (Wildman–Crippen LogP) is 1.46. The quantitative estimate of drug-likeness (QED) is 0.867. The van der Waals surface area contributed by atoms with Gasteiger partial charge in [-0.3, -0.25) is 4.79 Å². The Hall–Kier alpha value is -1.55. The maximum atomic E-state index is 12.0. The van der Waals surface area contributed by atoms with Gasteiger partial charge in [0.1, 0.15) is 5.75 Å². The van der Waals surface area contributed by atoms with Crippen LogP contribution in [0.2, 0.25) is 0 Å². The number of fused-ring (bicyclic) bond motifs is 1. The first-order valence-electron chi connectivity index (χ1n) is 6.59. The summed E-state index contributed by atoms with van der Waals surface area (Å²) in [6.07, 6.45) is 0.200. The van der Waals surface area contributed by atoms with Crippen molar-refractivity contribution in [2.75, 3.05) is 6.54 Å². The van der Waals surface area contributed by atoms with Crippen molar-refractivity contribution in [1.82, 2.24) is 5.32 Å². The number of rotatable bonds is 3. The Balaban J connectivity index is 2.02. The lowest BCUT2D eigenvalue weighted by Crippen LogP contribution is -2.48. The molecule has 0 radical (unpaired) electrons. The number of hydrogen-bond donors (Lipinski definition) is 2. The van der Waals surface area contributed by atoms with Crippen LogP contribution in [0.3, 0.4) is 0 Å². The summed E-state index contributed by atoms with van der Waals surface area (Å²) in [5.74, 6) is 0.736. The van der Waals surface area contributed by atoms with E-state index < -0.39 is 11.6 Å². The zero-order valence-electron chi connectivity index (χ0n) is 12.0. The summed E-state index contributed by atoms with van der Waals surface area (Å²) < 4.78 is 5.72. The minimum absolute atomic E-state index is 0.0926. The molecule has 104 valence electrons. The van der Waals surface area contributed by atoms with Gasteiger partial charge >= 0.3 is 0 Å². The molecule has 2 rings (SSSR count). The Morgan fingerprint density at radius 1 is 1.42 bits per heavy atom. The minimum atomic E-state index is -0.432. The monoisotopic (exact) mass is 262 g/mol. The molecule has 0 aliphatic carbocycles. The molecule has 1 unspecified atom stereocenters. The van der Waals surface area contributed by atoms with Gasteiger partial charge in [-0.15, -0.1) is 0 Å². The number of amides is 1. The molecule has 1 aromatic rings. The standard InChI is InChI=1S/C15H22N2O2/c1-9-5-11-7-13(19-12(11)6-10(9)2)14(18)17-8-15(3,4)16/h5-6,13H,7-8,16H2,1-4H3,(H,17,18). The van der Waals surface area contributed by atoms with Crippen LogP contribution in [0.5, 0.6) is 5.75 Å². The van der Waals surface area contributed by atoms with E-state index in [1.165, 1.54) is 11.1 Å². The minimum Gasteiger partial charge on any atom is -0.480 e. The van der Waals surface area contributed by atoms with Crippen molar-refractivity contribution in [2.45, 2.75) is 45.8 Å². The Labute approximate surface area is 114 Å². The van der Waals surface area contributed by atoms with Crippen molar-refractivity contribution in [2.24, 2.45) is 5.73 Å². The van der Waals surface area contributed by atoms with Gasteiger partial charge < -0.3 is 15.8 Å². The molecule has 3 N–H and O–H groups in total. The number of nitrogens with two attached hydrogens (primary N) is 1. The molecule has 4 nitrogen and oxygen atoms in total. The third-order valence-corrected chi connectivity index (χ3v) is 3.36. The van der Waals surface area contributed by atoms with Crippen LogP contribution in [0.15, 0.2) is 12.1 Å². The zero-order valence-corrected chi connectivity index (χ0v) is 12.0. The van der Waals surface area contributed by atoms with Gasteiger partial charge in [0.25, 0.3) is 5.91 Å². The first-order chi connectivity index (χ1) is 8.76. The van der Waals surface area contributed by atoms with Crippen LogP contribution >= 0.6 is 0 Å². The van der Waals surface area contributed by atoms with Crippen molar-refractivity contribution in [1.29, 1.82) is 0 Å². The summed E-state index contributed by atoms with van der Waals surface area (Å²) in [6, 6.07) is 4.11. The fourth-order valence-corrected chi connectivity index (χ4v) is 2.09. The number of carbonyl (C=O) groups excluding carboxylic acids is 1. The van der Waals surface area contributed by atoms with Crippen LogP contribution in [0.25, 0.3) is 0 Å². The summed E-state index contributed by atoms with van der Waals surface area (Å²) in [7, 11) is 0. The summed E-state index contributed by atoms with van der Waals surface area (Å²) in [6.45, 7) is 8.32. The highest BCUT2D eigenvalue weighted by Gasteiger charge is 2.30. The molecule has 1 heterocycles. The molecule has 1 amide bonds. The number of benzene rings is 1. The summed E-state index contributed by atoms with van der Waals surface area (Å²) >= 11 is 0. The number of carbonyl (C=O) groups is 1. The molecular weight excluding hydrogens is 240 g/mol. The summed E-state index contributed by atoms with van der Waals surface area (Å²) in [5, 5.41) is 2.84. The van der Waals surface area contributed by atoms with E-state index in [2.05, 4.69) is 18.3 Å². The Morgan fingerprint density at radius 3 is 2.68 bits per heavy atom. The predicted molar refractivity (Wildman–Crippen MR) is 75.3 cm³/mol. The Bertz CT molecular complexity index is 473. The Morgan fingerprint density at radius 2 is 2.05 bits per heavy atom. The third kappa shape index (κ3) is 3.26. The van der Waals surface area contributed by atoms with Crippen molar-refractivity contribution in [3.05, 3.63) is 28.8 Å². The first-order valence-corrected chi connectivity index (χ1v) is 6.59. The van der Waals surface area contributed by atoms with E-state index >= 15 is 0 Å². The molecule has 0 aromatic heterocycles. The molecule has 0 fully saturated rings. The molecule has 0 saturated heterocycles. The van der Waals surface area contributed by atoms with Gasteiger partial charge in [-0.05, 0) is 50.5 Å². The molecule has 0 spiro atoms. The first kappa shape index (κ1) is 13.9. The van der Waals surface area contributed by atoms with Crippen LogP contribution in [0.1, 0.15) is 30.5 Å². The Kier molecular flexibility index (Phi) is 3.54. The van der Waals surface area contributed by atoms with Crippen molar-refractivity contribution < 1.29 is 9.53 Å². The SMILES string of the molecule is Cc1cc2c(cc1C)OC(C(=O)NCC(C)(C)N)C2. The highest BCUT2D eigenvalue weighted by molar-refractivity contribution is 5.82. The molecule has 1 aliphatic rings. The lowest BCUT2D eigenvalue weighted by Gasteiger charge is -2.20. The van der Waals surface area contributed by atoms with Gasteiger partial charge in [0.05, 0.1) is 0 Å². The van der Waals surface area contributed by atoms with E-state index in [0.29, 0.717) is 13.0 Å². The van der Waals surface area contributed by atoms with Gasteiger partial charge in [-0.2, -0.15) is 0 Å². The molecular formula is C15H22N2O2. The second-order valence-electron chi connectivity index (χ2n) is 6.06. The van der Waals surface area contributed by atoms with Crippen molar-refractivity contribution >= 4 is 5.91 Å². The molecule has 1 atom stereocenters. The molecule has 1 aliphatic heterocycles. The highest BCUT2D eigenvalue weighted by Crippen LogP contribution is 2.31. The molecule has 19 heavy (non-hydrogen) atoms. The number of hydrogen-bond acceptors (Lipinski definition) is 3. The lowest BCUT2D eigenvalue weighted by atomic mass is 10.0. The summed E-state index contributed by atoms with van der Waals surface area (Å²) in [4.78, 5) is 12.0. The average Bonchev–Trinajstić information content (AvgIpc) is 2.68. The van der Waals surface area contributed by atoms with Crippen LogP contribution in [0.4, 0.5) is 0 Å². The largest absolute Gasteiger partial charge is 0.480 e. The molecule has 0 saturated carbocycles. The van der Waals surface area contributed by atoms with Gasteiger partial charge in [-0.25, -0.2) is 0 Å². The van der Waals surface area contributed by atoms with Crippen molar-refractivity contribution in [3.8, 4) is 5.75 Å². The number of ether oxygens (including phenoxy) is 1. The average molecular weight is 262 g/mol. The van der Waals surface area contributed by atoms with E-state index in [0.717, 1.165) is 11.3 Å². The number of aryl methyl sites for hydroxylation is 2. The maximum absolute atomic E-state index is 12.0. The fraction of sp³-hybridized carbons (Fsp3) is 0.533. The fourth-order valence-electron chi connectivity index (χ4n) is 2.09. The molecule has 1 aromatic carbocycles. The number of nitrogens with one attached hydrogen (secondary N) is 1. The van der Waals surface area contributed by atoms with Gasteiger partial charge in [-0.1, -0.05) is 6.07 Å². The molecule has 4 heteroatoms. The zero-order chi connectivity index (χ0) is 14.2. The van der Waals surface area contributed by atoms with Crippen molar-refractivity contribution in [3.63, 3.8) is 0 Å². The van der Waals surface area contributed by atoms with Gasteiger partial charge in [0.2, 0.25) is 0 Å². The van der Waals surface area contributed by atoms with E-state index in [9.17, 15) is 4.79 Å². The summed E-state index contributed by atoms with van der Waals surface area (Å²) in [5.41, 5.74) is 8.96. The van der Waals surface area contributed by atoms with E-state index in [-0.39, 0.29) is 5.91 Å². The third-order valence-electron chi connectivity index (χ3n) is 3.36. The van der Waals surface area contributed by atoms with Crippen LogP contribution < -0.4 is 15.8 Å². The van der Waals surface area contributed by atoms with Gasteiger partial charge in [0, 0.05) is 18.5 Å². The normalized spacial score (nSPS) is 17.8. The topological polar surface area (TPSA) is 64.3 Å². The van der Waals surface area contributed by atoms with Crippen LogP contribution in [-0.4, -0.2) is 24.1 Å². The smallest absolute Gasteiger partial charge is 0.261 e. The van der Waals surface area contributed by atoms with Crippen LogP contribution in [0, 0.1) is 13.8 Å². The highest BCUT2D eigenvalue weighted by atomic mass is 16.5. The second-order valence-corrected chi connectivity index (χ2v) is 6.06. The van der Waals surface area contributed by atoms with Crippen LogP contribution in [-0.2, 0) is 11.2 Å². The van der Waals surface area contributed by atoms with Gasteiger partial charge in [0.15, 0.2) is 6.10 Å². The second kappa shape index (κ2) is 4.85. The van der Waals surface area contributed by atoms with E-state index in [4.69, 9.17) is 10.5 Å².